The minimum atomic E-state index is -0.415. The molecule has 0 saturated carbocycles. The van der Waals surface area contributed by atoms with Crippen LogP contribution in [-0.2, 0) is 9.47 Å². The molecule has 1 saturated heterocycles. The molecule has 1 aliphatic heterocycles. The highest BCUT2D eigenvalue weighted by Crippen LogP contribution is 2.41. The fourth-order valence-corrected chi connectivity index (χ4v) is 4.33. The van der Waals surface area contributed by atoms with Crippen LogP contribution in [0.25, 0.3) is 22.3 Å². The van der Waals surface area contributed by atoms with Gasteiger partial charge in [-0.1, -0.05) is 35.9 Å². The molecule has 2 atom stereocenters. The number of hydrogen-bond acceptors (Lipinski definition) is 5. The van der Waals surface area contributed by atoms with Crippen LogP contribution in [-0.4, -0.2) is 32.3 Å². The van der Waals surface area contributed by atoms with Crippen molar-refractivity contribution in [3.8, 4) is 28.0 Å². The highest BCUT2D eigenvalue weighted by atomic mass is 16.6. The molecule has 6 heteroatoms. The predicted octanol–water partition coefficient (Wildman–Crippen LogP) is 5.60. The summed E-state index contributed by atoms with van der Waals surface area (Å²) in [5.74, 6) is 0.357. The predicted molar refractivity (Wildman–Crippen MR) is 126 cm³/mol. The summed E-state index contributed by atoms with van der Waals surface area (Å²) in [6, 6.07) is 17.5. The Hall–Kier alpha value is -3.80. The lowest BCUT2D eigenvalue weighted by molar-refractivity contribution is 0.0600. The zero-order valence-corrected chi connectivity index (χ0v) is 19.4. The zero-order chi connectivity index (χ0) is 23.7. The number of nitrogens with one attached hydrogen (secondary N) is 1. The van der Waals surface area contributed by atoms with Crippen LogP contribution in [0.1, 0.15) is 40.1 Å². The molecule has 6 nitrogen and oxygen atoms in total. The molecule has 33 heavy (non-hydrogen) atoms. The number of benzene rings is 3. The second-order valence-corrected chi connectivity index (χ2v) is 8.29. The number of carbonyl (C=O) groups excluding carboxylic acids is 2. The number of hydrogen-bond donors (Lipinski definition) is 1. The van der Waals surface area contributed by atoms with Crippen molar-refractivity contribution in [3.63, 3.8) is 0 Å². The summed E-state index contributed by atoms with van der Waals surface area (Å²) in [7, 11) is 3.01. The standard InChI is InChI=1S/C27H27NO5/c1-15-6-9-21(23(12-15)25-17(3)28-27(30)33-25)22-14-18(8-11-24(22)31-4)20-10-7-19(13-16(20)2)26(29)32-5/h6-14,17,25H,1-5H3,(H,28,30)/t17-,25?/m1/s1. The number of rotatable bonds is 5. The molecule has 1 fully saturated rings. The van der Waals surface area contributed by atoms with Crippen LogP contribution >= 0.6 is 0 Å². The van der Waals surface area contributed by atoms with Crippen molar-refractivity contribution >= 4 is 12.1 Å². The first-order valence-electron chi connectivity index (χ1n) is 10.8. The smallest absolute Gasteiger partial charge is 0.408 e. The molecule has 1 aliphatic rings. The largest absolute Gasteiger partial charge is 0.496 e. The van der Waals surface area contributed by atoms with Gasteiger partial charge in [0.1, 0.15) is 11.9 Å². The topological polar surface area (TPSA) is 73.9 Å². The fraction of sp³-hybridized carbons (Fsp3) is 0.259. The Morgan fingerprint density at radius 2 is 1.70 bits per heavy atom. The third-order valence-corrected chi connectivity index (χ3v) is 6.00. The van der Waals surface area contributed by atoms with Gasteiger partial charge in [-0.3, -0.25) is 0 Å². The lowest BCUT2D eigenvalue weighted by Gasteiger charge is -2.20. The third-order valence-electron chi connectivity index (χ3n) is 6.00. The van der Waals surface area contributed by atoms with E-state index in [4.69, 9.17) is 14.2 Å². The van der Waals surface area contributed by atoms with Gasteiger partial charge in [0.2, 0.25) is 0 Å². The molecule has 4 rings (SSSR count). The third kappa shape index (κ3) is 4.29. The number of amides is 1. The van der Waals surface area contributed by atoms with Crippen molar-refractivity contribution in [3.05, 3.63) is 76.9 Å². The number of aryl methyl sites for hydroxylation is 2. The van der Waals surface area contributed by atoms with E-state index in [9.17, 15) is 9.59 Å². The van der Waals surface area contributed by atoms with Crippen molar-refractivity contribution in [1.82, 2.24) is 5.32 Å². The van der Waals surface area contributed by atoms with Gasteiger partial charge in [-0.25, -0.2) is 9.59 Å². The number of esters is 1. The van der Waals surface area contributed by atoms with Crippen LogP contribution in [0.4, 0.5) is 4.79 Å². The Kier molecular flexibility index (Phi) is 6.09. The van der Waals surface area contributed by atoms with Crippen LogP contribution in [0.3, 0.4) is 0 Å². The Balaban J connectivity index is 1.84. The molecule has 0 spiro atoms. The molecule has 1 heterocycles. The van der Waals surface area contributed by atoms with Crippen molar-refractivity contribution in [1.29, 1.82) is 0 Å². The fourth-order valence-electron chi connectivity index (χ4n) is 4.33. The van der Waals surface area contributed by atoms with Gasteiger partial charge in [0.15, 0.2) is 0 Å². The highest BCUT2D eigenvalue weighted by molar-refractivity contribution is 5.91. The molecule has 3 aromatic rings. The van der Waals surface area contributed by atoms with Crippen molar-refractivity contribution in [2.75, 3.05) is 14.2 Å². The van der Waals surface area contributed by atoms with Gasteiger partial charge >= 0.3 is 12.1 Å². The molecule has 0 aromatic heterocycles. The first-order valence-corrected chi connectivity index (χ1v) is 10.8. The molecule has 0 radical (unpaired) electrons. The van der Waals surface area contributed by atoms with Crippen LogP contribution in [0.5, 0.6) is 5.75 Å². The van der Waals surface area contributed by atoms with Crippen LogP contribution < -0.4 is 10.1 Å². The van der Waals surface area contributed by atoms with E-state index in [-0.39, 0.29) is 12.0 Å². The Morgan fingerprint density at radius 1 is 0.939 bits per heavy atom. The average Bonchev–Trinajstić information content (AvgIpc) is 3.15. The number of cyclic esters (lactones) is 1. The van der Waals surface area contributed by atoms with Crippen LogP contribution in [0.15, 0.2) is 54.6 Å². The lowest BCUT2D eigenvalue weighted by Crippen LogP contribution is -2.24. The number of alkyl carbamates (subject to hydrolysis) is 1. The summed E-state index contributed by atoms with van der Waals surface area (Å²) >= 11 is 0. The van der Waals surface area contributed by atoms with Gasteiger partial charge < -0.3 is 19.5 Å². The summed E-state index contributed by atoms with van der Waals surface area (Å²) in [4.78, 5) is 23.8. The monoisotopic (exact) mass is 445 g/mol. The molecule has 0 aliphatic carbocycles. The first-order chi connectivity index (χ1) is 15.8. The molecular weight excluding hydrogens is 418 g/mol. The minimum absolute atomic E-state index is 0.152. The summed E-state index contributed by atoms with van der Waals surface area (Å²) in [5, 5.41) is 2.83. The SMILES string of the molecule is COC(=O)c1ccc(-c2ccc(OC)c(-c3ccc(C)cc3C3OC(=O)N[C@@H]3C)c2)c(C)c1. The van der Waals surface area contributed by atoms with E-state index >= 15 is 0 Å². The summed E-state index contributed by atoms with van der Waals surface area (Å²) in [5.41, 5.74) is 7.30. The van der Waals surface area contributed by atoms with Crippen molar-refractivity contribution in [2.45, 2.75) is 32.9 Å². The van der Waals surface area contributed by atoms with E-state index in [1.54, 1.807) is 13.2 Å². The van der Waals surface area contributed by atoms with Gasteiger partial charge in [-0.2, -0.15) is 0 Å². The van der Waals surface area contributed by atoms with Gasteiger partial charge in [0, 0.05) is 11.1 Å². The van der Waals surface area contributed by atoms with E-state index in [0.29, 0.717) is 5.56 Å². The normalized spacial score (nSPS) is 17.3. The second-order valence-electron chi connectivity index (χ2n) is 8.29. The van der Waals surface area contributed by atoms with E-state index < -0.39 is 12.2 Å². The van der Waals surface area contributed by atoms with Gasteiger partial charge in [0.05, 0.1) is 25.8 Å². The first kappa shape index (κ1) is 22.4. The number of methoxy groups -OCH3 is 2. The van der Waals surface area contributed by atoms with E-state index in [0.717, 1.165) is 44.7 Å². The van der Waals surface area contributed by atoms with Crippen LogP contribution in [0.2, 0.25) is 0 Å². The minimum Gasteiger partial charge on any atom is -0.496 e. The van der Waals surface area contributed by atoms with Gasteiger partial charge in [-0.05, 0) is 67.3 Å². The quantitative estimate of drug-likeness (QED) is 0.517. The molecule has 170 valence electrons. The summed E-state index contributed by atoms with van der Waals surface area (Å²) in [6.45, 7) is 5.91. The molecule has 1 unspecified atom stereocenters. The maximum Gasteiger partial charge on any atom is 0.408 e. The maximum atomic E-state index is 11.9. The van der Waals surface area contributed by atoms with Crippen molar-refractivity contribution < 1.29 is 23.8 Å². The molecular formula is C27H27NO5. The Labute approximate surface area is 193 Å². The second kappa shape index (κ2) is 8.98. The molecule has 1 N–H and O–H groups in total. The lowest BCUT2D eigenvalue weighted by atomic mass is 9.89. The Bertz CT molecular complexity index is 1230. The number of ether oxygens (including phenoxy) is 3. The maximum absolute atomic E-state index is 11.9. The van der Waals surface area contributed by atoms with Crippen molar-refractivity contribution in [2.24, 2.45) is 0 Å². The number of carbonyl (C=O) groups is 2. The average molecular weight is 446 g/mol. The molecule has 0 bridgehead atoms. The zero-order valence-electron chi connectivity index (χ0n) is 19.4. The molecule has 1 amide bonds. The highest BCUT2D eigenvalue weighted by Gasteiger charge is 2.34. The summed E-state index contributed by atoms with van der Waals surface area (Å²) in [6.07, 6.45) is -0.816. The van der Waals surface area contributed by atoms with E-state index in [1.165, 1.54) is 7.11 Å². The summed E-state index contributed by atoms with van der Waals surface area (Å²) < 4.78 is 16.1. The molecule has 3 aromatic carbocycles. The van der Waals surface area contributed by atoms with E-state index in [2.05, 4.69) is 17.4 Å². The van der Waals surface area contributed by atoms with Crippen LogP contribution in [0, 0.1) is 13.8 Å². The van der Waals surface area contributed by atoms with Gasteiger partial charge in [-0.15, -0.1) is 0 Å². The van der Waals surface area contributed by atoms with E-state index in [1.807, 2.05) is 57.2 Å². The Morgan fingerprint density at radius 3 is 2.33 bits per heavy atom. The van der Waals surface area contributed by atoms with Gasteiger partial charge in [0.25, 0.3) is 0 Å².